The van der Waals surface area contributed by atoms with Crippen LogP contribution in [-0.4, -0.2) is 42.5 Å². The number of rotatable bonds is 4. The van der Waals surface area contributed by atoms with Crippen LogP contribution in [0.15, 0.2) is 10.4 Å². The Morgan fingerprint density at radius 2 is 2.38 bits per heavy atom. The van der Waals surface area contributed by atoms with Crippen LogP contribution in [0.25, 0.3) is 0 Å². The van der Waals surface area contributed by atoms with Crippen LogP contribution in [-0.2, 0) is 6.42 Å². The van der Waals surface area contributed by atoms with Crippen molar-refractivity contribution >= 4 is 41.3 Å². The summed E-state index contributed by atoms with van der Waals surface area (Å²) in [6.45, 7) is 7.61. The predicted molar refractivity (Wildman–Crippen MR) is 102 cm³/mol. The molecule has 1 aliphatic heterocycles. The largest absolute Gasteiger partial charge is 0.356 e. The molecule has 1 saturated heterocycles. The van der Waals surface area contributed by atoms with Gasteiger partial charge >= 0.3 is 0 Å². The molecule has 0 amide bonds. The summed E-state index contributed by atoms with van der Waals surface area (Å²) in [4.78, 5) is 11.3. The first-order chi connectivity index (χ1) is 9.69. The number of guanidine groups is 1. The van der Waals surface area contributed by atoms with E-state index in [0.29, 0.717) is 0 Å². The second-order valence-corrected chi connectivity index (χ2v) is 6.60. The minimum atomic E-state index is 0. The first-order valence-corrected chi connectivity index (χ1v) is 8.43. The van der Waals surface area contributed by atoms with E-state index >= 15 is 0 Å². The molecule has 0 aliphatic carbocycles. The van der Waals surface area contributed by atoms with Gasteiger partial charge in [0.2, 0.25) is 0 Å². The second kappa shape index (κ2) is 9.61. The van der Waals surface area contributed by atoms with Gasteiger partial charge in [0.25, 0.3) is 0 Å². The molecule has 0 aromatic carbocycles. The van der Waals surface area contributed by atoms with Gasteiger partial charge in [-0.1, -0.05) is 6.92 Å². The van der Waals surface area contributed by atoms with Crippen molar-refractivity contribution in [3.05, 3.63) is 16.1 Å². The predicted octanol–water partition coefficient (Wildman–Crippen LogP) is 3.31. The molecule has 1 aromatic rings. The number of piperidine rings is 1. The first kappa shape index (κ1) is 18.7. The zero-order chi connectivity index (χ0) is 14.4. The highest BCUT2D eigenvalue weighted by Crippen LogP contribution is 2.15. The minimum absolute atomic E-state index is 0. The maximum absolute atomic E-state index is 4.50. The van der Waals surface area contributed by atoms with Crippen molar-refractivity contribution in [3.63, 3.8) is 0 Å². The van der Waals surface area contributed by atoms with E-state index in [9.17, 15) is 0 Å². The number of nitrogens with zero attached hydrogens (tertiary/aromatic N) is 3. The molecule has 21 heavy (non-hydrogen) atoms. The third kappa shape index (κ3) is 6.10. The zero-order valence-corrected chi connectivity index (χ0v) is 16.4. The number of halogens is 1. The Kier molecular flexibility index (Phi) is 8.55. The van der Waals surface area contributed by atoms with Crippen molar-refractivity contribution in [2.45, 2.75) is 39.5 Å². The van der Waals surface area contributed by atoms with Crippen LogP contribution in [0, 0.1) is 12.8 Å². The van der Waals surface area contributed by atoms with Gasteiger partial charge in [-0.15, -0.1) is 35.3 Å². The normalized spacial score (nSPS) is 19.3. The van der Waals surface area contributed by atoms with Crippen molar-refractivity contribution in [1.82, 2.24) is 15.2 Å². The summed E-state index contributed by atoms with van der Waals surface area (Å²) in [5.74, 6) is 1.84. The van der Waals surface area contributed by atoms with Gasteiger partial charge in [-0.2, -0.15) is 0 Å². The Labute approximate surface area is 149 Å². The lowest BCUT2D eigenvalue weighted by atomic mass is 10.0. The molecule has 6 heteroatoms. The minimum Gasteiger partial charge on any atom is -0.356 e. The second-order valence-electron chi connectivity index (χ2n) is 5.65. The van der Waals surface area contributed by atoms with E-state index in [1.54, 1.807) is 11.3 Å². The fourth-order valence-corrected chi connectivity index (χ4v) is 3.49. The fraction of sp³-hybridized carbons (Fsp3) is 0.733. The summed E-state index contributed by atoms with van der Waals surface area (Å²) in [6.07, 6.45) is 4.78. The Morgan fingerprint density at radius 3 is 3.00 bits per heavy atom. The van der Waals surface area contributed by atoms with E-state index in [4.69, 9.17) is 0 Å². The molecule has 1 aromatic heterocycles. The first-order valence-electron chi connectivity index (χ1n) is 7.55. The number of aryl methyl sites for hydroxylation is 2. The number of hydrogen-bond acceptors (Lipinski definition) is 3. The molecule has 4 nitrogen and oxygen atoms in total. The standard InChI is InChI=1S/C15H26N4S.HI/c1-12-6-5-9-19(10-12)15(16-3)17-8-4-7-14-18-13(2)11-20-14;/h11-12H,4-10H2,1-3H3,(H,16,17);1H. The van der Waals surface area contributed by atoms with Crippen LogP contribution in [0.1, 0.15) is 36.9 Å². The summed E-state index contributed by atoms with van der Waals surface area (Å²) < 4.78 is 0. The Balaban J connectivity index is 0.00000220. The number of aliphatic imine (C=N–C) groups is 1. The third-order valence-corrected chi connectivity index (χ3v) is 4.71. The van der Waals surface area contributed by atoms with Gasteiger partial charge in [0, 0.05) is 44.2 Å². The van der Waals surface area contributed by atoms with Gasteiger partial charge in [-0.05, 0) is 32.1 Å². The topological polar surface area (TPSA) is 40.5 Å². The van der Waals surface area contributed by atoms with Gasteiger partial charge < -0.3 is 10.2 Å². The fourth-order valence-electron chi connectivity index (χ4n) is 2.67. The van der Waals surface area contributed by atoms with Gasteiger partial charge in [-0.3, -0.25) is 4.99 Å². The molecule has 0 radical (unpaired) electrons. The summed E-state index contributed by atoms with van der Waals surface area (Å²) in [7, 11) is 1.88. The van der Waals surface area contributed by atoms with Crippen molar-refractivity contribution in [2.24, 2.45) is 10.9 Å². The van der Waals surface area contributed by atoms with Gasteiger partial charge in [0.1, 0.15) is 0 Å². The molecule has 0 spiro atoms. The molecule has 0 saturated carbocycles. The molecular weight excluding hydrogens is 395 g/mol. The van der Waals surface area contributed by atoms with E-state index in [0.717, 1.165) is 50.0 Å². The van der Waals surface area contributed by atoms with Crippen LogP contribution in [0.4, 0.5) is 0 Å². The van der Waals surface area contributed by atoms with Gasteiger partial charge in [0.05, 0.1) is 5.01 Å². The molecule has 1 fully saturated rings. The van der Waals surface area contributed by atoms with E-state index < -0.39 is 0 Å². The maximum Gasteiger partial charge on any atom is 0.193 e. The molecule has 1 N–H and O–H groups in total. The Hall–Kier alpha value is -0.370. The molecule has 1 unspecified atom stereocenters. The number of thiazole rings is 1. The van der Waals surface area contributed by atoms with Crippen LogP contribution in [0.3, 0.4) is 0 Å². The maximum atomic E-state index is 4.50. The van der Waals surface area contributed by atoms with E-state index in [1.807, 2.05) is 7.05 Å². The molecular formula is C15H27IN4S. The van der Waals surface area contributed by atoms with E-state index in [-0.39, 0.29) is 24.0 Å². The highest BCUT2D eigenvalue weighted by atomic mass is 127. The summed E-state index contributed by atoms with van der Waals surface area (Å²) in [5, 5.41) is 6.85. The van der Waals surface area contributed by atoms with Crippen LogP contribution in [0.5, 0.6) is 0 Å². The lowest BCUT2D eigenvalue weighted by Gasteiger charge is -2.33. The molecule has 2 rings (SSSR count). The number of aromatic nitrogens is 1. The zero-order valence-electron chi connectivity index (χ0n) is 13.3. The van der Waals surface area contributed by atoms with Crippen molar-refractivity contribution in [1.29, 1.82) is 0 Å². The van der Waals surface area contributed by atoms with Gasteiger partial charge in [0.15, 0.2) is 5.96 Å². The Morgan fingerprint density at radius 1 is 1.57 bits per heavy atom. The molecule has 2 heterocycles. The monoisotopic (exact) mass is 422 g/mol. The van der Waals surface area contributed by atoms with Crippen LogP contribution >= 0.6 is 35.3 Å². The summed E-state index contributed by atoms with van der Waals surface area (Å²) in [5.41, 5.74) is 1.14. The quantitative estimate of drug-likeness (QED) is 0.350. The summed E-state index contributed by atoms with van der Waals surface area (Å²) in [6, 6.07) is 0. The lowest BCUT2D eigenvalue weighted by molar-refractivity contribution is 0.266. The highest BCUT2D eigenvalue weighted by Gasteiger charge is 2.18. The van der Waals surface area contributed by atoms with Crippen molar-refractivity contribution in [3.8, 4) is 0 Å². The average molecular weight is 422 g/mol. The van der Waals surface area contributed by atoms with E-state index in [2.05, 4.69) is 39.4 Å². The van der Waals surface area contributed by atoms with Gasteiger partial charge in [-0.25, -0.2) is 4.98 Å². The van der Waals surface area contributed by atoms with Crippen molar-refractivity contribution < 1.29 is 0 Å². The number of nitrogens with one attached hydrogen (secondary N) is 1. The smallest absolute Gasteiger partial charge is 0.193 e. The third-order valence-electron chi connectivity index (χ3n) is 3.69. The van der Waals surface area contributed by atoms with E-state index in [1.165, 1.54) is 17.8 Å². The highest BCUT2D eigenvalue weighted by molar-refractivity contribution is 14.0. The van der Waals surface area contributed by atoms with Crippen LogP contribution < -0.4 is 5.32 Å². The molecule has 1 aliphatic rings. The molecule has 120 valence electrons. The summed E-state index contributed by atoms with van der Waals surface area (Å²) >= 11 is 1.76. The molecule has 1 atom stereocenters. The molecule has 0 bridgehead atoms. The lowest BCUT2D eigenvalue weighted by Crippen LogP contribution is -2.46. The Bertz CT molecular complexity index is 447. The average Bonchev–Trinajstić information content (AvgIpc) is 2.84. The van der Waals surface area contributed by atoms with Crippen molar-refractivity contribution in [2.75, 3.05) is 26.7 Å². The SMILES string of the molecule is CN=C(NCCCc1nc(C)cs1)N1CCCC(C)C1.I. The van der Waals surface area contributed by atoms with Crippen LogP contribution in [0.2, 0.25) is 0 Å². The number of hydrogen-bond donors (Lipinski definition) is 1. The number of likely N-dealkylation sites (tertiary alicyclic amines) is 1.